The van der Waals surface area contributed by atoms with Gasteiger partial charge in [-0.1, -0.05) is 65.8 Å². The molecule has 2 aromatic carbocycles. The van der Waals surface area contributed by atoms with E-state index in [2.05, 4.69) is 103 Å². The van der Waals surface area contributed by atoms with Gasteiger partial charge in [-0.15, -0.1) is 0 Å². The SMILES string of the molecule is COc1ccc(C2OC(C)C2(C)C)cc1.COc1ccc(C2OCC2(C)C)cc1.Cn1cccc1C1OCC1(C)C. The topological polar surface area (TPSA) is 51.1 Å². The number of methoxy groups -OCH3 is 2. The van der Waals surface area contributed by atoms with Crippen molar-refractivity contribution in [2.24, 2.45) is 23.3 Å². The molecule has 3 fully saturated rings. The lowest BCUT2D eigenvalue weighted by molar-refractivity contribution is -0.230. The molecule has 224 valence electrons. The molecule has 0 spiro atoms. The monoisotopic (exact) mass is 563 g/mol. The van der Waals surface area contributed by atoms with Crippen LogP contribution in [0.5, 0.6) is 11.5 Å². The van der Waals surface area contributed by atoms with Crippen LogP contribution in [-0.4, -0.2) is 38.1 Å². The van der Waals surface area contributed by atoms with Crippen molar-refractivity contribution in [3.63, 3.8) is 0 Å². The Labute approximate surface area is 246 Å². The van der Waals surface area contributed by atoms with Crippen LogP contribution in [0.2, 0.25) is 0 Å². The first kappa shape index (κ1) is 31.1. The Kier molecular flexibility index (Phi) is 9.27. The third-order valence-electron chi connectivity index (χ3n) is 8.82. The Hall–Kier alpha value is -2.80. The average molecular weight is 564 g/mol. The second-order valence-corrected chi connectivity index (χ2v) is 13.4. The smallest absolute Gasteiger partial charge is 0.118 e. The molecule has 0 aliphatic carbocycles. The summed E-state index contributed by atoms with van der Waals surface area (Å²) in [7, 11) is 5.42. The van der Waals surface area contributed by atoms with E-state index >= 15 is 0 Å². The van der Waals surface area contributed by atoms with Gasteiger partial charge in [0.15, 0.2) is 0 Å². The molecule has 0 bridgehead atoms. The molecule has 0 saturated carbocycles. The minimum Gasteiger partial charge on any atom is -0.497 e. The Balaban J connectivity index is 0.000000142. The Bertz CT molecular complexity index is 1260. The fourth-order valence-corrected chi connectivity index (χ4v) is 5.54. The van der Waals surface area contributed by atoms with Gasteiger partial charge in [-0.2, -0.15) is 0 Å². The van der Waals surface area contributed by atoms with E-state index in [0.29, 0.717) is 11.5 Å². The lowest BCUT2D eigenvalue weighted by Crippen LogP contribution is -2.48. The van der Waals surface area contributed by atoms with Gasteiger partial charge in [0.2, 0.25) is 0 Å². The summed E-state index contributed by atoms with van der Waals surface area (Å²) in [5.41, 5.74) is 4.57. The first-order valence-electron chi connectivity index (χ1n) is 14.6. The van der Waals surface area contributed by atoms with Gasteiger partial charge in [0.05, 0.1) is 45.7 Å². The van der Waals surface area contributed by atoms with Crippen LogP contribution in [0.15, 0.2) is 66.9 Å². The molecule has 1 aromatic heterocycles. The number of aromatic nitrogens is 1. The summed E-state index contributed by atoms with van der Waals surface area (Å²) in [5, 5.41) is 0. The van der Waals surface area contributed by atoms with Gasteiger partial charge in [-0.25, -0.2) is 0 Å². The number of hydrogen-bond acceptors (Lipinski definition) is 5. The fourth-order valence-electron chi connectivity index (χ4n) is 5.54. The van der Waals surface area contributed by atoms with Crippen LogP contribution in [0.25, 0.3) is 0 Å². The fraction of sp³-hybridized carbons (Fsp3) is 0.543. The summed E-state index contributed by atoms with van der Waals surface area (Å²) in [6.07, 6.45) is 3.15. The lowest BCUT2D eigenvalue weighted by atomic mass is 9.73. The predicted octanol–water partition coefficient (Wildman–Crippen LogP) is 8.10. The summed E-state index contributed by atoms with van der Waals surface area (Å²) < 4.78 is 29.3. The second-order valence-electron chi connectivity index (χ2n) is 13.4. The van der Waals surface area contributed by atoms with E-state index in [9.17, 15) is 0 Å². The van der Waals surface area contributed by atoms with E-state index in [1.807, 2.05) is 24.3 Å². The molecule has 4 atom stereocenters. The molecule has 4 unspecified atom stereocenters. The quantitative estimate of drug-likeness (QED) is 0.314. The van der Waals surface area contributed by atoms with Gasteiger partial charge in [0.25, 0.3) is 0 Å². The van der Waals surface area contributed by atoms with Gasteiger partial charge in [-0.3, -0.25) is 0 Å². The highest BCUT2D eigenvalue weighted by atomic mass is 16.5. The molecule has 41 heavy (non-hydrogen) atoms. The van der Waals surface area contributed by atoms with Crippen LogP contribution in [0, 0.1) is 16.2 Å². The normalized spacial score (nSPS) is 26.4. The third kappa shape index (κ3) is 6.66. The standard InChI is InChI=1S/C13H18O2.C12H16O2.C10H15NO/c1-9-13(2,3)12(15-9)10-5-7-11(14-4)8-6-10;1-12(2)8-14-11(12)9-4-6-10(13-3)7-5-9;1-10(2)7-12-9(10)8-5-4-6-11(8)3/h5-9,12H,1-4H3;4-7,11H,8H2,1-3H3;4-6,9H,7H2,1-3H3. The Morgan fingerprint density at radius 2 is 1.15 bits per heavy atom. The summed E-state index contributed by atoms with van der Waals surface area (Å²) in [5.74, 6) is 1.79. The molecule has 6 nitrogen and oxygen atoms in total. The molecule has 3 aromatic rings. The molecule has 0 N–H and O–H groups in total. The summed E-state index contributed by atoms with van der Waals surface area (Å²) in [4.78, 5) is 0. The van der Waals surface area contributed by atoms with Crippen molar-refractivity contribution in [2.45, 2.75) is 72.9 Å². The van der Waals surface area contributed by atoms with Gasteiger partial charge in [0.1, 0.15) is 17.6 Å². The van der Waals surface area contributed by atoms with Crippen LogP contribution in [0.1, 0.15) is 83.6 Å². The Morgan fingerprint density at radius 1 is 0.683 bits per heavy atom. The van der Waals surface area contributed by atoms with Crippen molar-refractivity contribution < 1.29 is 23.7 Å². The van der Waals surface area contributed by atoms with Gasteiger partial charge in [0, 0.05) is 35.2 Å². The highest BCUT2D eigenvalue weighted by molar-refractivity contribution is 5.31. The molecule has 3 saturated heterocycles. The molecular weight excluding hydrogens is 514 g/mol. The maximum absolute atomic E-state index is 5.77. The number of nitrogens with zero attached hydrogens (tertiary/aromatic N) is 1. The van der Waals surface area contributed by atoms with E-state index in [0.717, 1.165) is 24.7 Å². The van der Waals surface area contributed by atoms with Crippen molar-refractivity contribution in [2.75, 3.05) is 27.4 Å². The molecule has 3 aliphatic heterocycles. The molecular formula is C35H49NO5. The van der Waals surface area contributed by atoms with Gasteiger partial charge < -0.3 is 28.3 Å². The first-order valence-corrected chi connectivity index (χ1v) is 14.6. The molecule has 3 aliphatic rings. The average Bonchev–Trinajstić information content (AvgIpc) is 3.36. The van der Waals surface area contributed by atoms with Crippen molar-refractivity contribution in [1.82, 2.24) is 4.57 Å². The maximum atomic E-state index is 5.77. The van der Waals surface area contributed by atoms with Gasteiger partial charge in [-0.05, 0) is 54.4 Å². The number of benzene rings is 2. The zero-order chi connectivity index (χ0) is 30.0. The van der Waals surface area contributed by atoms with Crippen LogP contribution < -0.4 is 9.47 Å². The number of hydrogen-bond donors (Lipinski definition) is 0. The number of aryl methyl sites for hydroxylation is 1. The first-order chi connectivity index (χ1) is 19.3. The van der Waals surface area contributed by atoms with Crippen molar-refractivity contribution >= 4 is 0 Å². The molecule has 6 rings (SSSR count). The predicted molar refractivity (Wildman–Crippen MR) is 163 cm³/mol. The van der Waals surface area contributed by atoms with E-state index in [1.165, 1.54) is 16.8 Å². The van der Waals surface area contributed by atoms with E-state index < -0.39 is 0 Å². The number of ether oxygens (including phenoxy) is 5. The van der Waals surface area contributed by atoms with Crippen molar-refractivity contribution in [1.29, 1.82) is 0 Å². The van der Waals surface area contributed by atoms with E-state index in [4.69, 9.17) is 23.7 Å². The van der Waals surface area contributed by atoms with E-state index in [1.54, 1.807) is 14.2 Å². The largest absolute Gasteiger partial charge is 0.497 e. The van der Waals surface area contributed by atoms with Crippen LogP contribution in [0.3, 0.4) is 0 Å². The van der Waals surface area contributed by atoms with Crippen molar-refractivity contribution in [3.05, 3.63) is 83.7 Å². The Morgan fingerprint density at radius 3 is 1.44 bits per heavy atom. The summed E-state index contributed by atoms with van der Waals surface area (Å²) >= 11 is 0. The zero-order valence-electron chi connectivity index (χ0n) is 26.6. The van der Waals surface area contributed by atoms with E-state index in [-0.39, 0.29) is 29.1 Å². The van der Waals surface area contributed by atoms with Crippen LogP contribution in [0.4, 0.5) is 0 Å². The van der Waals surface area contributed by atoms with Crippen LogP contribution >= 0.6 is 0 Å². The minimum absolute atomic E-state index is 0.221. The van der Waals surface area contributed by atoms with Crippen molar-refractivity contribution in [3.8, 4) is 11.5 Å². The minimum atomic E-state index is 0.221. The number of rotatable bonds is 5. The third-order valence-corrected chi connectivity index (χ3v) is 8.82. The second kappa shape index (κ2) is 12.2. The zero-order valence-corrected chi connectivity index (χ0v) is 26.6. The maximum Gasteiger partial charge on any atom is 0.118 e. The van der Waals surface area contributed by atoms with Crippen LogP contribution in [-0.2, 0) is 21.3 Å². The molecule has 6 heteroatoms. The highest BCUT2D eigenvalue weighted by Crippen LogP contribution is 2.51. The summed E-state index contributed by atoms with van der Waals surface area (Å²) in [6.45, 7) is 17.3. The summed E-state index contributed by atoms with van der Waals surface area (Å²) in [6, 6.07) is 20.4. The lowest BCUT2D eigenvalue weighted by Gasteiger charge is -2.50. The van der Waals surface area contributed by atoms with Gasteiger partial charge >= 0.3 is 0 Å². The highest BCUT2D eigenvalue weighted by Gasteiger charge is 2.47. The molecule has 0 radical (unpaired) electrons. The molecule has 4 heterocycles. The molecule has 0 amide bonds.